The Morgan fingerprint density at radius 3 is 1.54 bits per heavy atom. The van der Waals surface area contributed by atoms with Gasteiger partial charge in [-0.05, 0) is 82.8 Å². The van der Waals surface area contributed by atoms with Crippen LogP contribution in [-0.2, 0) is 6.54 Å². The van der Waals surface area contributed by atoms with E-state index >= 15 is 17.6 Å². The molecule has 0 bridgehead atoms. The van der Waals surface area contributed by atoms with Crippen LogP contribution in [0.3, 0.4) is 0 Å². The van der Waals surface area contributed by atoms with Gasteiger partial charge in [-0.1, -0.05) is 115 Å². The molecule has 0 spiro atoms. The van der Waals surface area contributed by atoms with Crippen molar-refractivity contribution in [3.05, 3.63) is 179 Å². The standard InChI is InChI=1S/C55H39F18N3/c56-48(57,50(60,61)52(64,65)54(68,69)70)29-31-74-41(39-19-7-11-33-13-9-21-43(74)45(33)39)27-25-35-23-24-36(47(35)76(37-15-3-1-4-16-37)38-17-5-2-6-18-38)26-28-42-40-20-8-12-34-14-10-22-44(46(34)40)75(42)32-30-49(58,59)51(62,63)53(66,67)55(71,72)73/h1-22,25-28,41H,23-24,29-32H2/b27-25+,36-26+,42-28+. The molecule has 1 atom stereocenters. The number of aromatic nitrogens is 1. The highest BCUT2D eigenvalue weighted by molar-refractivity contribution is 6.10. The second-order valence-corrected chi connectivity index (χ2v) is 18.4. The summed E-state index contributed by atoms with van der Waals surface area (Å²) in [6.07, 6.45) is -11.7. The minimum Gasteiger partial charge on any atom is -0.360 e. The molecule has 6 aromatic carbocycles. The van der Waals surface area contributed by atoms with Gasteiger partial charge in [-0.3, -0.25) is 0 Å². The molecule has 21 heteroatoms. The number of hydrogen-bond acceptors (Lipinski definition) is 2. The molecule has 1 aromatic heterocycles. The summed E-state index contributed by atoms with van der Waals surface area (Å²) in [7, 11) is 0. The molecule has 3 nitrogen and oxygen atoms in total. The highest BCUT2D eigenvalue weighted by Crippen LogP contribution is 2.56. The molecule has 0 radical (unpaired) electrons. The summed E-state index contributed by atoms with van der Waals surface area (Å²) in [6, 6.07) is 35.3. The Morgan fingerprint density at radius 1 is 0.487 bits per heavy atom. The van der Waals surface area contributed by atoms with Crippen LogP contribution in [0.2, 0.25) is 0 Å². The van der Waals surface area contributed by atoms with Crippen molar-refractivity contribution in [1.82, 2.24) is 4.57 Å². The van der Waals surface area contributed by atoms with E-state index in [0.29, 0.717) is 60.7 Å². The number of allylic oxidation sites excluding steroid dienone is 4. The van der Waals surface area contributed by atoms with Gasteiger partial charge in [0.15, 0.2) is 0 Å². The Bertz CT molecular complexity index is 3390. The minimum absolute atomic E-state index is 0.0816. The number of nitrogens with zero attached hydrogens (tertiary/aromatic N) is 3. The van der Waals surface area contributed by atoms with Crippen LogP contribution in [0.4, 0.5) is 96.1 Å². The lowest BCUT2D eigenvalue weighted by atomic mass is 9.99. The van der Waals surface area contributed by atoms with Crippen LogP contribution in [0.1, 0.15) is 37.3 Å². The van der Waals surface area contributed by atoms with Gasteiger partial charge < -0.3 is 14.4 Å². The average Bonchev–Trinajstić information content (AvgIpc) is 4.05. The van der Waals surface area contributed by atoms with Gasteiger partial charge in [0.05, 0.1) is 11.7 Å². The van der Waals surface area contributed by atoms with Crippen molar-refractivity contribution in [3.63, 3.8) is 0 Å². The smallest absolute Gasteiger partial charge is 0.360 e. The van der Waals surface area contributed by atoms with Gasteiger partial charge in [0, 0.05) is 70.0 Å². The van der Waals surface area contributed by atoms with Crippen LogP contribution in [0, 0.1) is 0 Å². The number of alkyl halides is 18. The maximum Gasteiger partial charge on any atom is 0.460 e. The van der Waals surface area contributed by atoms with E-state index in [9.17, 15) is 61.5 Å². The van der Waals surface area contributed by atoms with E-state index in [1.54, 1.807) is 121 Å². The molecule has 0 saturated carbocycles. The Balaban J connectivity index is 1.18. The van der Waals surface area contributed by atoms with Crippen LogP contribution in [0.15, 0.2) is 169 Å². The van der Waals surface area contributed by atoms with Crippen molar-refractivity contribution < 1.29 is 79.0 Å². The first-order chi connectivity index (χ1) is 35.5. The van der Waals surface area contributed by atoms with Gasteiger partial charge in [-0.2, -0.15) is 79.0 Å². The predicted octanol–water partition coefficient (Wildman–Crippen LogP) is 17.1. The van der Waals surface area contributed by atoms with Crippen molar-refractivity contribution in [2.24, 2.45) is 0 Å². The highest BCUT2D eigenvalue weighted by Gasteiger charge is 2.82. The first-order valence-corrected chi connectivity index (χ1v) is 23.3. The molecule has 7 aromatic rings. The summed E-state index contributed by atoms with van der Waals surface area (Å²) in [4.78, 5) is 3.04. The summed E-state index contributed by atoms with van der Waals surface area (Å²) in [6.45, 7) is -2.30. The molecule has 1 unspecified atom stereocenters. The summed E-state index contributed by atoms with van der Waals surface area (Å²) >= 11 is 0. The quantitative estimate of drug-likeness (QED) is 0.0894. The molecule has 1 aliphatic carbocycles. The summed E-state index contributed by atoms with van der Waals surface area (Å²) < 4.78 is 255. The van der Waals surface area contributed by atoms with E-state index in [1.807, 2.05) is 4.90 Å². The zero-order valence-electron chi connectivity index (χ0n) is 39.0. The molecule has 0 amide bonds. The fourth-order valence-electron chi connectivity index (χ4n) is 9.99. The fraction of sp³-hybridized carbons (Fsp3) is 0.273. The number of anilines is 3. The van der Waals surface area contributed by atoms with Crippen LogP contribution in [0.25, 0.3) is 38.5 Å². The van der Waals surface area contributed by atoms with Gasteiger partial charge in [-0.25, -0.2) is 0 Å². The van der Waals surface area contributed by atoms with E-state index in [-0.39, 0.29) is 29.4 Å². The Kier molecular flexibility index (Phi) is 13.4. The van der Waals surface area contributed by atoms with Crippen molar-refractivity contribution in [2.45, 2.75) is 86.2 Å². The first-order valence-electron chi connectivity index (χ1n) is 23.3. The summed E-state index contributed by atoms with van der Waals surface area (Å²) in [5, 5.41) is 2.45. The van der Waals surface area contributed by atoms with E-state index in [4.69, 9.17) is 0 Å². The molecule has 400 valence electrons. The molecule has 0 N–H and O–H groups in total. The van der Waals surface area contributed by atoms with Gasteiger partial charge in [0.1, 0.15) is 0 Å². The third-order valence-electron chi connectivity index (χ3n) is 13.8. The normalized spacial score (nSPS) is 17.3. The number of para-hydroxylation sites is 2. The zero-order chi connectivity index (χ0) is 55.0. The lowest BCUT2D eigenvalue weighted by Gasteiger charge is -2.35. The molecular weight excluding hydrogens is 1040 g/mol. The topological polar surface area (TPSA) is 11.4 Å². The van der Waals surface area contributed by atoms with E-state index in [1.165, 1.54) is 41.3 Å². The maximum absolute atomic E-state index is 15.2. The number of hydrogen-bond donors (Lipinski definition) is 0. The van der Waals surface area contributed by atoms with Crippen LogP contribution < -0.4 is 15.1 Å². The molecular formula is C55H39F18N3. The van der Waals surface area contributed by atoms with Gasteiger partial charge >= 0.3 is 47.9 Å². The van der Waals surface area contributed by atoms with Crippen molar-refractivity contribution in [3.8, 4) is 0 Å². The number of aryl methyl sites for hydroxylation is 1. The molecule has 2 aliphatic rings. The molecule has 9 rings (SSSR count). The van der Waals surface area contributed by atoms with E-state index in [0.717, 1.165) is 4.57 Å². The second-order valence-electron chi connectivity index (χ2n) is 18.4. The van der Waals surface area contributed by atoms with Crippen molar-refractivity contribution in [1.29, 1.82) is 0 Å². The van der Waals surface area contributed by atoms with Gasteiger partial charge in [0.2, 0.25) is 0 Å². The van der Waals surface area contributed by atoms with E-state index in [2.05, 4.69) is 0 Å². The molecule has 0 fully saturated rings. The van der Waals surface area contributed by atoms with Crippen molar-refractivity contribution >= 4 is 55.6 Å². The van der Waals surface area contributed by atoms with E-state index < -0.39 is 79.9 Å². The van der Waals surface area contributed by atoms with Crippen LogP contribution in [-0.4, -0.2) is 59.0 Å². The monoisotopic (exact) mass is 1080 g/mol. The predicted molar refractivity (Wildman–Crippen MR) is 253 cm³/mol. The largest absolute Gasteiger partial charge is 0.460 e. The number of rotatable bonds is 16. The zero-order valence-corrected chi connectivity index (χ0v) is 39.0. The summed E-state index contributed by atoms with van der Waals surface area (Å²) in [5.41, 5.74) is 3.47. The summed E-state index contributed by atoms with van der Waals surface area (Å²) in [5.74, 6) is -39.6. The Labute approximate surface area is 420 Å². The fourth-order valence-corrected chi connectivity index (χ4v) is 9.99. The van der Waals surface area contributed by atoms with Crippen molar-refractivity contribution in [2.75, 3.05) is 16.3 Å². The highest BCUT2D eigenvalue weighted by atomic mass is 19.4. The number of halogens is 18. The molecule has 2 heterocycles. The Morgan fingerprint density at radius 2 is 0.987 bits per heavy atom. The van der Waals surface area contributed by atoms with Gasteiger partial charge in [-0.15, -0.1) is 0 Å². The SMILES string of the molecule is FC(F)(F)C(F)(F)C(F)(F)C(F)(F)CCN1c2cccc3cccc(c23)C1/C=C/C1=C(N(c2ccccc2)c2ccccc2)C(=C/C=c2\c3cccc4cccc(c43)n2CCC(F)(F)C(F)(F)C(F)(F)C(F)(F)F)/CC1. The van der Waals surface area contributed by atoms with Gasteiger partial charge in [0.25, 0.3) is 0 Å². The first kappa shape index (κ1) is 53.8. The minimum atomic E-state index is -7.10. The van der Waals surface area contributed by atoms with Crippen LogP contribution in [0.5, 0.6) is 0 Å². The lowest BCUT2D eigenvalue weighted by Crippen LogP contribution is -2.61. The molecule has 0 saturated heterocycles. The molecule has 76 heavy (non-hydrogen) atoms. The number of benzene rings is 6. The maximum atomic E-state index is 15.2. The van der Waals surface area contributed by atoms with Crippen LogP contribution >= 0.6 is 0 Å². The second kappa shape index (κ2) is 18.9. The third kappa shape index (κ3) is 8.79. The molecule has 1 aliphatic heterocycles. The average molecular weight is 1080 g/mol. The lowest BCUT2D eigenvalue weighted by molar-refractivity contribution is -0.396. The Hall–Kier alpha value is -7.06. The third-order valence-corrected chi connectivity index (χ3v) is 13.8.